The fraction of sp³-hybridized carbons (Fsp3) is 0.933. The van der Waals surface area contributed by atoms with E-state index in [0.29, 0.717) is 12.5 Å². The van der Waals surface area contributed by atoms with Crippen molar-refractivity contribution < 1.29 is 8.42 Å². The predicted octanol–water partition coefficient (Wildman–Crippen LogP) is 1.10. The highest BCUT2D eigenvalue weighted by molar-refractivity contribution is 7.90. The van der Waals surface area contributed by atoms with Crippen molar-refractivity contribution in [2.75, 3.05) is 38.2 Å². The molecule has 0 bridgehead atoms. The summed E-state index contributed by atoms with van der Waals surface area (Å²) in [6.07, 6.45) is 1.85. The van der Waals surface area contributed by atoms with Gasteiger partial charge in [0.1, 0.15) is 9.84 Å². The molecule has 1 atom stereocenters. The van der Waals surface area contributed by atoms with Crippen LogP contribution < -0.4 is 10.6 Å². The maximum atomic E-state index is 11.2. The number of rotatable bonds is 10. The molecule has 2 N–H and O–H groups in total. The zero-order chi connectivity index (χ0) is 17.2. The number of aliphatic imine (C=N–C) groups is 1. The molecule has 0 fully saturated rings. The van der Waals surface area contributed by atoms with E-state index in [2.05, 4.69) is 41.3 Å². The van der Waals surface area contributed by atoms with E-state index in [0.717, 1.165) is 32.1 Å². The molecule has 0 amide bonds. The van der Waals surface area contributed by atoms with Crippen LogP contribution in [-0.4, -0.2) is 69.5 Å². The Balaban J connectivity index is 4.42. The van der Waals surface area contributed by atoms with E-state index in [1.807, 2.05) is 13.8 Å². The van der Waals surface area contributed by atoms with Gasteiger partial charge in [-0.15, -0.1) is 0 Å². The molecule has 0 aromatic carbocycles. The molecule has 1 unspecified atom stereocenters. The number of nitrogens with one attached hydrogen (secondary N) is 2. The summed E-state index contributed by atoms with van der Waals surface area (Å²) in [4.78, 5) is 6.93. The van der Waals surface area contributed by atoms with Crippen LogP contribution in [0.2, 0.25) is 0 Å². The topological polar surface area (TPSA) is 73.8 Å². The van der Waals surface area contributed by atoms with Gasteiger partial charge in [0.2, 0.25) is 0 Å². The van der Waals surface area contributed by atoms with Crippen molar-refractivity contribution in [3.63, 3.8) is 0 Å². The Bertz CT molecular complexity index is 421. The summed E-state index contributed by atoms with van der Waals surface area (Å²) in [5.74, 6) is 0.945. The van der Waals surface area contributed by atoms with E-state index in [4.69, 9.17) is 0 Å². The van der Waals surface area contributed by atoms with Gasteiger partial charge in [-0.3, -0.25) is 9.89 Å². The summed E-state index contributed by atoms with van der Waals surface area (Å²) >= 11 is 0. The minimum atomic E-state index is -2.92. The smallest absolute Gasteiger partial charge is 0.191 e. The van der Waals surface area contributed by atoms with Crippen LogP contribution in [0, 0.1) is 0 Å². The molecule has 7 heteroatoms. The van der Waals surface area contributed by atoms with Crippen LogP contribution in [0.3, 0.4) is 0 Å². The van der Waals surface area contributed by atoms with Crippen molar-refractivity contribution in [2.24, 2.45) is 4.99 Å². The van der Waals surface area contributed by atoms with E-state index in [1.54, 1.807) is 0 Å². The van der Waals surface area contributed by atoms with Crippen molar-refractivity contribution in [3.05, 3.63) is 0 Å². The Hall–Kier alpha value is -0.820. The number of guanidine groups is 1. The molecule has 6 nitrogen and oxygen atoms in total. The summed E-state index contributed by atoms with van der Waals surface area (Å²) in [5, 5.41) is 6.47. The van der Waals surface area contributed by atoms with Crippen molar-refractivity contribution in [1.29, 1.82) is 0 Å². The Morgan fingerprint density at radius 2 is 1.86 bits per heavy atom. The normalized spacial score (nSPS) is 14.5. The molecular weight excluding hydrogens is 300 g/mol. The molecule has 132 valence electrons. The average Bonchev–Trinajstić information content (AvgIpc) is 2.40. The first-order valence-corrected chi connectivity index (χ1v) is 10.2. The molecule has 0 aliphatic heterocycles. The van der Waals surface area contributed by atoms with Crippen LogP contribution in [0.4, 0.5) is 0 Å². The Kier molecular flexibility index (Phi) is 10.4. The highest BCUT2D eigenvalue weighted by Crippen LogP contribution is 1.97. The molecule has 22 heavy (non-hydrogen) atoms. The SMILES string of the molecule is CCNC(=NCCN(CC)C(C)C)NC(C)CCS(C)(=O)=O. The number of hydrogen-bond donors (Lipinski definition) is 2. The molecule has 0 aliphatic rings. The highest BCUT2D eigenvalue weighted by Gasteiger charge is 2.10. The lowest BCUT2D eigenvalue weighted by molar-refractivity contribution is 0.240. The Morgan fingerprint density at radius 3 is 2.32 bits per heavy atom. The lowest BCUT2D eigenvalue weighted by atomic mass is 10.3. The third kappa shape index (κ3) is 10.8. The van der Waals surface area contributed by atoms with E-state index in [1.165, 1.54) is 6.26 Å². The second-order valence-electron chi connectivity index (χ2n) is 5.95. The zero-order valence-electron chi connectivity index (χ0n) is 15.0. The van der Waals surface area contributed by atoms with Crippen LogP contribution >= 0.6 is 0 Å². The van der Waals surface area contributed by atoms with Crippen LogP contribution in [-0.2, 0) is 9.84 Å². The first kappa shape index (κ1) is 21.2. The average molecular weight is 335 g/mol. The third-order valence-electron chi connectivity index (χ3n) is 3.44. The minimum Gasteiger partial charge on any atom is -0.357 e. The highest BCUT2D eigenvalue weighted by atomic mass is 32.2. The molecule has 0 saturated heterocycles. The van der Waals surface area contributed by atoms with Crippen LogP contribution in [0.25, 0.3) is 0 Å². The number of nitrogens with zero attached hydrogens (tertiary/aromatic N) is 2. The fourth-order valence-electron chi connectivity index (χ4n) is 2.09. The molecule has 0 radical (unpaired) electrons. The standard InChI is InChI=1S/C15H34N4O2S/c1-7-16-15(17-10-11-19(8-2)13(3)4)18-14(5)9-12-22(6,20)21/h13-14H,7-12H2,1-6H3,(H2,16,17,18). The predicted molar refractivity (Wildman–Crippen MR) is 95.3 cm³/mol. The first-order chi connectivity index (χ1) is 10.2. The van der Waals surface area contributed by atoms with Crippen molar-refractivity contribution in [3.8, 4) is 0 Å². The molecule has 0 spiro atoms. The second kappa shape index (κ2) is 10.8. The lowest BCUT2D eigenvalue weighted by Crippen LogP contribution is -2.43. The summed E-state index contributed by atoms with van der Waals surface area (Å²) in [5.41, 5.74) is 0. The maximum absolute atomic E-state index is 11.2. The molecule has 0 aromatic rings. The molecule has 0 saturated carbocycles. The van der Waals surface area contributed by atoms with Gasteiger partial charge in [0.15, 0.2) is 5.96 Å². The van der Waals surface area contributed by atoms with Crippen molar-refractivity contribution in [2.45, 2.75) is 53.1 Å². The Morgan fingerprint density at radius 1 is 1.23 bits per heavy atom. The lowest BCUT2D eigenvalue weighted by Gasteiger charge is -2.24. The van der Waals surface area contributed by atoms with Gasteiger partial charge < -0.3 is 10.6 Å². The molecule has 0 heterocycles. The van der Waals surface area contributed by atoms with Crippen LogP contribution in [0.5, 0.6) is 0 Å². The Labute approximate surface area is 136 Å². The van der Waals surface area contributed by atoms with Gasteiger partial charge in [0.25, 0.3) is 0 Å². The quantitative estimate of drug-likeness (QED) is 0.462. The molecule has 0 rings (SSSR count). The van der Waals surface area contributed by atoms with Gasteiger partial charge in [-0.25, -0.2) is 8.42 Å². The second-order valence-corrected chi connectivity index (χ2v) is 8.21. The summed E-state index contributed by atoms with van der Waals surface area (Å²) in [7, 11) is -2.92. The van der Waals surface area contributed by atoms with Gasteiger partial charge in [-0.1, -0.05) is 6.92 Å². The van der Waals surface area contributed by atoms with Crippen molar-refractivity contribution in [1.82, 2.24) is 15.5 Å². The van der Waals surface area contributed by atoms with Gasteiger partial charge in [-0.2, -0.15) is 0 Å². The van der Waals surface area contributed by atoms with Gasteiger partial charge in [0, 0.05) is 31.4 Å². The fourth-order valence-corrected chi connectivity index (χ4v) is 2.87. The van der Waals surface area contributed by atoms with E-state index < -0.39 is 9.84 Å². The van der Waals surface area contributed by atoms with E-state index in [-0.39, 0.29) is 11.8 Å². The van der Waals surface area contributed by atoms with Crippen LogP contribution in [0.15, 0.2) is 4.99 Å². The zero-order valence-corrected chi connectivity index (χ0v) is 15.8. The number of sulfone groups is 1. The number of hydrogen-bond acceptors (Lipinski definition) is 4. The number of likely N-dealkylation sites (N-methyl/N-ethyl adjacent to an activating group) is 1. The maximum Gasteiger partial charge on any atom is 0.191 e. The van der Waals surface area contributed by atoms with E-state index in [9.17, 15) is 8.42 Å². The third-order valence-corrected chi connectivity index (χ3v) is 4.42. The summed E-state index contributed by atoms with van der Waals surface area (Å²) in [6, 6.07) is 0.587. The largest absolute Gasteiger partial charge is 0.357 e. The first-order valence-electron chi connectivity index (χ1n) is 8.16. The van der Waals surface area contributed by atoms with Gasteiger partial charge >= 0.3 is 0 Å². The van der Waals surface area contributed by atoms with E-state index >= 15 is 0 Å². The van der Waals surface area contributed by atoms with Crippen molar-refractivity contribution >= 4 is 15.8 Å². The van der Waals surface area contributed by atoms with Gasteiger partial charge in [-0.05, 0) is 40.7 Å². The molecular formula is C15H34N4O2S. The summed E-state index contributed by atoms with van der Waals surface area (Å²) in [6.45, 7) is 14.0. The molecule has 0 aliphatic carbocycles. The van der Waals surface area contributed by atoms with Gasteiger partial charge in [0.05, 0.1) is 12.3 Å². The minimum absolute atomic E-state index is 0.0694. The molecule has 0 aromatic heterocycles. The summed E-state index contributed by atoms with van der Waals surface area (Å²) < 4.78 is 22.4. The monoisotopic (exact) mass is 334 g/mol. The van der Waals surface area contributed by atoms with Crippen LogP contribution in [0.1, 0.15) is 41.0 Å².